The normalized spacial score (nSPS) is 16.6. The first-order chi connectivity index (χ1) is 10.5. The van der Waals surface area contributed by atoms with Crippen LogP contribution in [-0.2, 0) is 4.79 Å². The summed E-state index contributed by atoms with van der Waals surface area (Å²) in [6.07, 6.45) is 3.23. The van der Waals surface area contributed by atoms with Crippen LogP contribution < -0.4 is 0 Å². The molecule has 1 amide bonds. The van der Waals surface area contributed by atoms with E-state index in [-0.39, 0.29) is 11.5 Å². The molecule has 0 saturated carbocycles. The van der Waals surface area contributed by atoms with Crippen LogP contribution in [0.4, 0.5) is 5.69 Å². The molecule has 1 N–H and O–H groups in total. The number of carbonyl (C=O) groups is 1. The summed E-state index contributed by atoms with van der Waals surface area (Å²) in [6, 6.07) is 4.18. The molecule has 1 aliphatic rings. The Kier molecular flexibility index (Phi) is 5.15. The van der Waals surface area contributed by atoms with Crippen molar-refractivity contribution < 1.29 is 14.8 Å². The van der Waals surface area contributed by atoms with E-state index in [1.165, 1.54) is 29.2 Å². The Morgan fingerprint density at radius 1 is 1.50 bits per heavy atom. The summed E-state index contributed by atoms with van der Waals surface area (Å²) in [5, 5.41) is 20.7. The van der Waals surface area contributed by atoms with Crippen LogP contribution in [-0.4, -0.2) is 31.7 Å². The van der Waals surface area contributed by atoms with E-state index >= 15 is 0 Å². The highest BCUT2D eigenvalue weighted by Crippen LogP contribution is 2.36. The van der Waals surface area contributed by atoms with Crippen molar-refractivity contribution in [3.8, 4) is 5.75 Å². The summed E-state index contributed by atoms with van der Waals surface area (Å²) < 4.78 is 0.467. The van der Waals surface area contributed by atoms with Gasteiger partial charge in [0.2, 0.25) is 5.75 Å². The number of nitro benzene ring substituents is 1. The molecule has 8 heteroatoms. The molecule has 2 rings (SSSR count). The largest absolute Gasteiger partial charge is 0.502 e. The van der Waals surface area contributed by atoms with Crippen LogP contribution in [0.2, 0.25) is 0 Å². The Hall–Kier alpha value is -1.93. The zero-order valence-corrected chi connectivity index (χ0v) is 13.4. The SMILES string of the molecule is CCCCN1C(=O)C(=Cc2cccc([N+](=O)[O-])c2O)SC1=S. The molecule has 1 aliphatic heterocycles. The molecule has 0 atom stereocenters. The van der Waals surface area contributed by atoms with Gasteiger partial charge in [-0.1, -0.05) is 49.5 Å². The fourth-order valence-electron chi connectivity index (χ4n) is 1.96. The molecule has 1 saturated heterocycles. The number of hydrogen-bond donors (Lipinski definition) is 1. The van der Waals surface area contributed by atoms with E-state index < -0.39 is 16.4 Å². The molecule has 0 aliphatic carbocycles. The number of thiocarbonyl (C=S) groups is 1. The second-order valence-corrected chi connectivity index (χ2v) is 6.33. The maximum absolute atomic E-state index is 12.3. The van der Waals surface area contributed by atoms with Crippen molar-refractivity contribution in [2.45, 2.75) is 19.8 Å². The van der Waals surface area contributed by atoms with Crippen molar-refractivity contribution in [2.75, 3.05) is 6.54 Å². The summed E-state index contributed by atoms with van der Waals surface area (Å²) >= 11 is 6.32. The quantitative estimate of drug-likeness (QED) is 0.384. The molecule has 0 aromatic heterocycles. The third kappa shape index (κ3) is 3.28. The third-order valence-corrected chi connectivity index (χ3v) is 4.52. The summed E-state index contributed by atoms with van der Waals surface area (Å²) in [7, 11) is 0. The summed E-state index contributed by atoms with van der Waals surface area (Å²) in [5.41, 5.74) is -0.166. The van der Waals surface area contributed by atoms with Crippen molar-refractivity contribution in [3.05, 3.63) is 38.8 Å². The van der Waals surface area contributed by atoms with Gasteiger partial charge in [-0.3, -0.25) is 19.8 Å². The fourth-order valence-corrected chi connectivity index (χ4v) is 3.26. The Morgan fingerprint density at radius 2 is 2.23 bits per heavy atom. The number of hydrogen-bond acceptors (Lipinski definition) is 6. The second kappa shape index (κ2) is 6.89. The number of phenolic OH excluding ortho intramolecular Hbond substituents is 1. The smallest absolute Gasteiger partial charge is 0.311 e. The molecule has 0 spiro atoms. The van der Waals surface area contributed by atoms with Gasteiger partial charge in [0.15, 0.2) is 0 Å². The first-order valence-corrected chi connectivity index (χ1v) is 7.90. The minimum atomic E-state index is -0.668. The molecule has 116 valence electrons. The van der Waals surface area contributed by atoms with Crippen LogP contribution in [0.15, 0.2) is 23.1 Å². The molecule has 0 unspecified atom stereocenters. The van der Waals surface area contributed by atoms with Gasteiger partial charge < -0.3 is 5.11 Å². The van der Waals surface area contributed by atoms with Gasteiger partial charge in [-0.25, -0.2) is 0 Å². The van der Waals surface area contributed by atoms with Crippen molar-refractivity contribution in [1.29, 1.82) is 0 Å². The third-order valence-electron chi connectivity index (χ3n) is 3.14. The van der Waals surface area contributed by atoms with Gasteiger partial charge in [0.05, 0.1) is 9.83 Å². The summed E-state index contributed by atoms with van der Waals surface area (Å²) in [5.74, 6) is -0.680. The van der Waals surface area contributed by atoms with Gasteiger partial charge in [0.25, 0.3) is 5.91 Å². The zero-order valence-electron chi connectivity index (χ0n) is 11.8. The maximum Gasteiger partial charge on any atom is 0.311 e. The van der Waals surface area contributed by atoms with Crippen LogP contribution in [0, 0.1) is 10.1 Å². The van der Waals surface area contributed by atoms with Gasteiger partial charge in [-0.15, -0.1) is 0 Å². The minimum Gasteiger partial charge on any atom is -0.502 e. The van der Waals surface area contributed by atoms with Gasteiger partial charge in [-0.05, 0) is 12.5 Å². The number of amides is 1. The van der Waals surface area contributed by atoms with Gasteiger partial charge >= 0.3 is 5.69 Å². The van der Waals surface area contributed by atoms with Crippen molar-refractivity contribution in [3.63, 3.8) is 0 Å². The highest BCUT2D eigenvalue weighted by molar-refractivity contribution is 8.26. The lowest BCUT2D eigenvalue weighted by molar-refractivity contribution is -0.385. The van der Waals surface area contributed by atoms with Crippen molar-refractivity contribution >= 4 is 46.0 Å². The second-order valence-electron chi connectivity index (χ2n) is 4.66. The van der Waals surface area contributed by atoms with Crippen molar-refractivity contribution in [1.82, 2.24) is 4.90 Å². The number of nitro groups is 1. The first kappa shape index (κ1) is 16.4. The fraction of sp³-hybridized carbons (Fsp3) is 0.286. The number of phenols is 1. The van der Waals surface area contributed by atoms with Gasteiger partial charge in [0, 0.05) is 18.2 Å². The number of nitrogens with zero attached hydrogens (tertiary/aromatic N) is 2. The van der Waals surface area contributed by atoms with Gasteiger partial charge in [-0.2, -0.15) is 0 Å². The van der Waals surface area contributed by atoms with Gasteiger partial charge in [0.1, 0.15) is 4.32 Å². The predicted octanol–water partition coefficient (Wildman–Crippen LogP) is 3.30. The maximum atomic E-state index is 12.3. The monoisotopic (exact) mass is 338 g/mol. The van der Waals surface area contributed by atoms with Crippen LogP contribution in [0.25, 0.3) is 6.08 Å². The van der Waals surface area contributed by atoms with E-state index in [4.69, 9.17) is 12.2 Å². The number of para-hydroxylation sites is 1. The molecule has 1 aromatic rings. The van der Waals surface area contributed by atoms with E-state index in [0.717, 1.165) is 24.6 Å². The Bertz CT molecular complexity index is 673. The van der Waals surface area contributed by atoms with Crippen LogP contribution in [0.5, 0.6) is 5.75 Å². The lowest BCUT2D eigenvalue weighted by atomic mass is 10.1. The minimum absolute atomic E-state index is 0.227. The van der Waals surface area contributed by atoms with E-state index in [0.29, 0.717) is 15.8 Å². The van der Waals surface area contributed by atoms with E-state index in [2.05, 4.69) is 0 Å². The van der Waals surface area contributed by atoms with Crippen LogP contribution >= 0.6 is 24.0 Å². The molecular weight excluding hydrogens is 324 g/mol. The van der Waals surface area contributed by atoms with Crippen LogP contribution in [0.1, 0.15) is 25.3 Å². The average molecular weight is 338 g/mol. The highest BCUT2D eigenvalue weighted by atomic mass is 32.2. The Labute approximate surface area is 137 Å². The number of unbranched alkanes of at least 4 members (excludes halogenated alkanes) is 1. The number of benzene rings is 1. The number of thioether (sulfide) groups is 1. The summed E-state index contributed by atoms with van der Waals surface area (Å²) in [4.78, 5) is 24.3. The van der Waals surface area contributed by atoms with E-state index in [1.807, 2.05) is 6.92 Å². The van der Waals surface area contributed by atoms with Crippen LogP contribution in [0.3, 0.4) is 0 Å². The Balaban J connectivity index is 2.31. The number of aromatic hydroxyl groups is 1. The first-order valence-electron chi connectivity index (χ1n) is 6.67. The van der Waals surface area contributed by atoms with Crippen molar-refractivity contribution in [2.24, 2.45) is 0 Å². The number of rotatable bonds is 5. The summed E-state index contributed by atoms with van der Waals surface area (Å²) in [6.45, 7) is 2.58. The molecule has 0 bridgehead atoms. The molecular formula is C14H14N2O4S2. The van der Waals surface area contributed by atoms with E-state index in [9.17, 15) is 20.0 Å². The van der Waals surface area contributed by atoms with E-state index in [1.54, 1.807) is 0 Å². The lowest BCUT2D eigenvalue weighted by Crippen LogP contribution is -2.28. The molecule has 1 aromatic carbocycles. The molecule has 6 nitrogen and oxygen atoms in total. The lowest BCUT2D eigenvalue weighted by Gasteiger charge is -2.13. The number of carbonyl (C=O) groups excluding carboxylic acids is 1. The Morgan fingerprint density at radius 3 is 2.86 bits per heavy atom. The molecule has 1 fully saturated rings. The standard InChI is InChI=1S/C14H14N2O4S2/c1-2-3-7-15-13(18)11(22-14(15)21)8-9-5-4-6-10(12(9)17)16(19)20/h4-6,8,17H,2-3,7H2,1H3. The molecule has 1 heterocycles. The topological polar surface area (TPSA) is 83.7 Å². The highest BCUT2D eigenvalue weighted by Gasteiger charge is 2.31. The predicted molar refractivity (Wildman–Crippen MR) is 89.5 cm³/mol. The molecule has 0 radical (unpaired) electrons. The average Bonchev–Trinajstić information content (AvgIpc) is 2.73. The molecule has 22 heavy (non-hydrogen) atoms. The zero-order chi connectivity index (χ0) is 16.3.